The molecule has 0 unspecified atom stereocenters. The summed E-state index contributed by atoms with van der Waals surface area (Å²) in [4.78, 5) is 27.6. The summed E-state index contributed by atoms with van der Waals surface area (Å²) in [6.45, 7) is 4.75. The van der Waals surface area contributed by atoms with E-state index < -0.39 is 0 Å². The highest BCUT2D eigenvalue weighted by atomic mass is 16.2. The number of nitrogens with zero attached hydrogens (tertiary/aromatic N) is 2. The van der Waals surface area contributed by atoms with Crippen LogP contribution in [0.15, 0.2) is 36.4 Å². The fourth-order valence-electron chi connectivity index (χ4n) is 4.76. The highest BCUT2D eigenvalue weighted by Gasteiger charge is 2.36. The number of fused-ring (bicyclic) bond motifs is 1. The van der Waals surface area contributed by atoms with Crippen molar-refractivity contribution in [1.82, 2.24) is 4.90 Å². The van der Waals surface area contributed by atoms with Gasteiger partial charge in [0.15, 0.2) is 0 Å². The summed E-state index contributed by atoms with van der Waals surface area (Å²) in [7, 11) is 0. The van der Waals surface area contributed by atoms with Crippen LogP contribution in [0.5, 0.6) is 0 Å². The van der Waals surface area contributed by atoms with Crippen LogP contribution >= 0.6 is 0 Å². The van der Waals surface area contributed by atoms with E-state index in [2.05, 4.69) is 24.4 Å². The molecule has 0 aromatic heterocycles. The molecule has 5 heteroatoms. The van der Waals surface area contributed by atoms with E-state index in [1.54, 1.807) is 6.07 Å². The molecule has 4 rings (SSSR count). The summed E-state index contributed by atoms with van der Waals surface area (Å²) < 4.78 is 0. The first-order valence-electron chi connectivity index (χ1n) is 10.7. The van der Waals surface area contributed by atoms with E-state index >= 15 is 0 Å². The molecule has 2 aromatic carbocycles. The number of rotatable bonds is 4. The molecule has 1 aliphatic heterocycles. The van der Waals surface area contributed by atoms with Crippen LogP contribution in [-0.2, 0) is 17.8 Å². The van der Waals surface area contributed by atoms with Gasteiger partial charge in [-0.05, 0) is 73.9 Å². The number of carbonyl (C=O) groups is 2. The Bertz CT molecular complexity index is 1030. The van der Waals surface area contributed by atoms with E-state index in [0.29, 0.717) is 17.8 Å². The van der Waals surface area contributed by atoms with E-state index in [0.717, 1.165) is 48.8 Å². The Morgan fingerprint density at radius 3 is 2.63 bits per heavy atom. The zero-order chi connectivity index (χ0) is 21.3. The molecular formula is C25H27N3O2. The van der Waals surface area contributed by atoms with Crippen molar-refractivity contribution in [3.8, 4) is 6.07 Å². The van der Waals surface area contributed by atoms with Gasteiger partial charge in [0.05, 0.1) is 11.6 Å². The number of anilines is 1. The van der Waals surface area contributed by atoms with Crippen LogP contribution in [0.4, 0.5) is 5.69 Å². The zero-order valence-corrected chi connectivity index (χ0v) is 17.6. The predicted octanol–water partition coefficient (Wildman–Crippen LogP) is 4.58. The summed E-state index contributed by atoms with van der Waals surface area (Å²) in [5.74, 6) is 0.0783. The molecule has 2 amide bonds. The smallest absolute Gasteiger partial charge is 0.254 e. The van der Waals surface area contributed by atoms with Crippen molar-refractivity contribution in [3.63, 3.8) is 0 Å². The normalized spacial score (nSPS) is 20.6. The number of amides is 2. The molecule has 0 saturated heterocycles. The lowest BCUT2D eigenvalue weighted by Crippen LogP contribution is -2.40. The quantitative estimate of drug-likeness (QED) is 0.815. The van der Waals surface area contributed by atoms with Crippen LogP contribution in [0.25, 0.3) is 0 Å². The molecular weight excluding hydrogens is 374 g/mol. The largest absolute Gasteiger partial charge is 0.331 e. The average Bonchev–Trinajstić information content (AvgIpc) is 3.11. The summed E-state index contributed by atoms with van der Waals surface area (Å²) in [6, 6.07) is 13.9. The third-order valence-electron chi connectivity index (χ3n) is 6.62. The van der Waals surface area contributed by atoms with Gasteiger partial charge >= 0.3 is 0 Å². The molecule has 0 bridgehead atoms. The maximum atomic E-state index is 12.8. The van der Waals surface area contributed by atoms with Crippen LogP contribution < -0.4 is 5.32 Å². The average molecular weight is 402 g/mol. The number of carbonyl (C=O) groups excluding carboxylic acids is 2. The van der Waals surface area contributed by atoms with Crippen LogP contribution in [0.1, 0.15) is 65.2 Å². The lowest BCUT2D eigenvalue weighted by Gasteiger charge is -2.34. The number of benzene rings is 2. The number of nitriles is 1. The van der Waals surface area contributed by atoms with Gasteiger partial charge in [-0.25, -0.2) is 0 Å². The minimum Gasteiger partial charge on any atom is -0.331 e. The monoisotopic (exact) mass is 401 g/mol. The van der Waals surface area contributed by atoms with Gasteiger partial charge < -0.3 is 10.2 Å². The number of aryl methyl sites for hydroxylation is 2. The minimum atomic E-state index is -0.0561. The molecule has 2 aliphatic rings. The molecule has 0 radical (unpaired) electrons. The second-order valence-corrected chi connectivity index (χ2v) is 8.37. The van der Waals surface area contributed by atoms with Crippen LogP contribution in [0.3, 0.4) is 0 Å². The summed E-state index contributed by atoms with van der Waals surface area (Å²) in [5.41, 5.74) is 5.42. The van der Waals surface area contributed by atoms with Crippen molar-refractivity contribution >= 4 is 17.5 Å². The lowest BCUT2D eigenvalue weighted by atomic mass is 9.84. The molecule has 30 heavy (non-hydrogen) atoms. The summed E-state index contributed by atoms with van der Waals surface area (Å²) in [5, 5.41) is 12.3. The third kappa shape index (κ3) is 3.70. The van der Waals surface area contributed by atoms with Gasteiger partial charge in [0.2, 0.25) is 5.91 Å². The maximum Gasteiger partial charge on any atom is 0.254 e. The molecule has 0 spiro atoms. The standard InChI is InChI=1S/C25H27N3O2/c1-3-17-7-10-20(13-19(17)14-26)27-24(29)18-8-11-21(12-9-18)28-15-23-16(2)5-4-6-22(23)25(28)30/h4-7,10,13,18,21H,3,8-9,11-12,15H2,1-2H3,(H,27,29). The Balaban J connectivity index is 1.36. The maximum absolute atomic E-state index is 12.8. The minimum absolute atomic E-state index is 0.00784. The number of nitrogens with one attached hydrogen (secondary N) is 1. The number of hydrogen-bond donors (Lipinski definition) is 1. The molecule has 1 fully saturated rings. The topological polar surface area (TPSA) is 73.2 Å². The van der Waals surface area contributed by atoms with E-state index in [9.17, 15) is 14.9 Å². The molecule has 154 valence electrons. The van der Waals surface area contributed by atoms with Crippen LogP contribution in [-0.4, -0.2) is 22.8 Å². The Morgan fingerprint density at radius 2 is 1.97 bits per heavy atom. The fraction of sp³-hybridized carbons (Fsp3) is 0.400. The Kier molecular flexibility index (Phi) is 5.59. The first-order chi connectivity index (χ1) is 14.5. The highest BCUT2D eigenvalue weighted by Crippen LogP contribution is 2.34. The SMILES string of the molecule is CCc1ccc(NC(=O)C2CCC(N3Cc4c(C)cccc4C3=O)CC2)cc1C#N. The van der Waals surface area contributed by atoms with Gasteiger partial charge in [0.25, 0.3) is 5.91 Å². The van der Waals surface area contributed by atoms with Crippen molar-refractivity contribution in [3.05, 3.63) is 64.2 Å². The van der Waals surface area contributed by atoms with Gasteiger partial charge in [-0.15, -0.1) is 0 Å². The first kappa shape index (κ1) is 20.2. The highest BCUT2D eigenvalue weighted by molar-refractivity contribution is 5.99. The molecule has 1 heterocycles. The van der Waals surface area contributed by atoms with Gasteiger partial charge in [-0.1, -0.05) is 25.1 Å². The van der Waals surface area contributed by atoms with E-state index in [4.69, 9.17) is 0 Å². The predicted molar refractivity (Wildman–Crippen MR) is 116 cm³/mol. The lowest BCUT2D eigenvalue weighted by molar-refractivity contribution is -0.121. The van der Waals surface area contributed by atoms with Gasteiger partial charge in [0.1, 0.15) is 0 Å². The summed E-state index contributed by atoms with van der Waals surface area (Å²) in [6.07, 6.45) is 4.02. The third-order valence-corrected chi connectivity index (χ3v) is 6.62. The Labute approximate surface area is 177 Å². The fourth-order valence-corrected chi connectivity index (χ4v) is 4.76. The van der Waals surface area contributed by atoms with Crippen LogP contribution in [0.2, 0.25) is 0 Å². The van der Waals surface area contributed by atoms with Crippen molar-refractivity contribution in [2.24, 2.45) is 5.92 Å². The van der Waals surface area contributed by atoms with E-state index in [1.807, 2.05) is 36.1 Å². The van der Waals surface area contributed by atoms with Gasteiger partial charge in [0, 0.05) is 29.8 Å². The molecule has 0 atom stereocenters. The van der Waals surface area contributed by atoms with Crippen molar-refractivity contribution in [2.75, 3.05) is 5.32 Å². The first-order valence-corrected chi connectivity index (χ1v) is 10.7. The van der Waals surface area contributed by atoms with Crippen molar-refractivity contribution in [2.45, 2.75) is 58.5 Å². The van der Waals surface area contributed by atoms with E-state index in [-0.39, 0.29) is 23.8 Å². The van der Waals surface area contributed by atoms with Gasteiger partial charge in [-0.3, -0.25) is 9.59 Å². The Morgan fingerprint density at radius 1 is 1.20 bits per heavy atom. The molecule has 5 nitrogen and oxygen atoms in total. The molecule has 2 aromatic rings. The second kappa shape index (κ2) is 8.31. The summed E-state index contributed by atoms with van der Waals surface area (Å²) >= 11 is 0. The molecule has 1 saturated carbocycles. The van der Waals surface area contributed by atoms with Crippen molar-refractivity contribution in [1.29, 1.82) is 5.26 Å². The van der Waals surface area contributed by atoms with E-state index in [1.165, 1.54) is 5.56 Å². The van der Waals surface area contributed by atoms with Crippen molar-refractivity contribution < 1.29 is 9.59 Å². The van der Waals surface area contributed by atoms with Crippen LogP contribution in [0, 0.1) is 24.2 Å². The number of hydrogen-bond acceptors (Lipinski definition) is 3. The molecule has 1 aliphatic carbocycles. The Hall–Kier alpha value is -3.13. The second-order valence-electron chi connectivity index (χ2n) is 8.37. The van der Waals surface area contributed by atoms with Gasteiger partial charge in [-0.2, -0.15) is 5.26 Å². The zero-order valence-electron chi connectivity index (χ0n) is 17.6. The molecule has 1 N–H and O–H groups in total.